The van der Waals surface area contributed by atoms with Gasteiger partial charge in [-0.3, -0.25) is 4.98 Å². The second-order valence-electron chi connectivity index (χ2n) is 4.60. The molecule has 0 aromatic carbocycles. The summed E-state index contributed by atoms with van der Waals surface area (Å²) in [7, 11) is 0. The molecule has 0 spiro atoms. The molecule has 1 saturated carbocycles. The third-order valence-corrected chi connectivity index (χ3v) is 4.75. The van der Waals surface area contributed by atoms with Gasteiger partial charge in [0.05, 0.1) is 5.69 Å². The van der Waals surface area contributed by atoms with E-state index in [2.05, 4.69) is 16.6 Å². The molecule has 0 aliphatic heterocycles. The van der Waals surface area contributed by atoms with Crippen molar-refractivity contribution in [2.24, 2.45) is 5.73 Å². The molecule has 5 heteroatoms. The van der Waals surface area contributed by atoms with E-state index in [1.165, 1.54) is 25.7 Å². The van der Waals surface area contributed by atoms with Crippen molar-refractivity contribution in [3.8, 4) is 0 Å². The average molecular weight is 281 g/mol. The van der Waals surface area contributed by atoms with Crippen LogP contribution in [-0.4, -0.2) is 27.5 Å². The van der Waals surface area contributed by atoms with Gasteiger partial charge in [0.2, 0.25) is 0 Å². The summed E-state index contributed by atoms with van der Waals surface area (Å²) in [6.45, 7) is 0. The fourth-order valence-electron chi connectivity index (χ4n) is 2.41. The first-order valence-corrected chi connectivity index (χ1v) is 7.95. The molecule has 1 aliphatic carbocycles. The van der Waals surface area contributed by atoms with Crippen LogP contribution in [-0.2, 0) is 0 Å². The zero-order valence-corrected chi connectivity index (χ0v) is 12.2. The number of nitrogens with zero attached hydrogens (tertiary/aromatic N) is 1. The SMILES string of the molecule is CSC1CCCCC1Nc1ccnc(C(N)=S)c1. The van der Waals surface area contributed by atoms with Crippen LogP contribution in [0.15, 0.2) is 18.3 Å². The number of nitrogens with two attached hydrogens (primary N) is 1. The molecule has 0 saturated heterocycles. The van der Waals surface area contributed by atoms with Crippen molar-refractivity contribution in [1.29, 1.82) is 0 Å². The van der Waals surface area contributed by atoms with E-state index >= 15 is 0 Å². The summed E-state index contributed by atoms with van der Waals surface area (Å²) >= 11 is 6.91. The van der Waals surface area contributed by atoms with Gasteiger partial charge in [0, 0.05) is 23.2 Å². The van der Waals surface area contributed by atoms with Gasteiger partial charge in [-0.25, -0.2) is 0 Å². The Morgan fingerprint density at radius 3 is 3.00 bits per heavy atom. The van der Waals surface area contributed by atoms with Crippen LogP contribution < -0.4 is 11.1 Å². The Labute approximate surface area is 118 Å². The van der Waals surface area contributed by atoms with E-state index in [1.54, 1.807) is 6.20 Å². The van der Waals surface area contributed by atoms with Crippen molar-refractivity contribution in [1.82, 2.24) is 4.98 Å². The number of aromatic nitrogens is 1. The molecular weight excluding hydrogens is 262 g/mol. The van der Waals surface area contributed by atoms with Gasteiger partial charge in [0.25, 0.3) is 0 Å². The van der Waals surface area contributed by atoms with Crippen LogP contribution in [0.2, 0.25) is 0 Å². The van der Waals surface area contributed by atoms with Gasteiger partial charge in [-0.05, 0) is 31.2 Å². The molecule has 0 amide bonds. The molecule has 3 N–H and O–H groups in total. The van der Waals surface area contributed by atoms with E-state index in [-0.39, 0.29) is 0 Å². The fourth-order valence-corrected chi connectivity index (χ4v) is 3.46. The minimum atomic E-state index is 0.351. The molecule has 1 aliphatic rings. The summed E-state index contributed by atoms with van der Waals surface area (Å²) in [4.78, 5) is 4.51. The molecule has 2 rings (SSSR count). The van der Waals surface area contributed by atoms with Crippen LogP contribution in [0.3, 0.4) is 0 Å². The van der Waals surface area contributed by atoms with Crippen LogP contribution in [0.4, 0.5) is 5.69 Å². The zero-order chi connectivity index (χ0) is 13.0. The van der Waals surface area contributed by atoms with Gasteiger partial charge in [0.15, 0.2) is 0 Å². The molecule has 1 heterocycles. The number of anilines is 1. The lowest BCUT2D eigenvalue weighted by Gasteiger charge is -2.31. The molecule has 2 unspecified atom stereocenters. The smallest absolute Gasteiger partial charge is 0.122 e. The minimum Gasteiger partial charge on any atom is -0.388 e. The Kier molecular flexibility index (Phi) is 4.83. The van der Waals surface area contributed by atoms with Crippen LogP contribution in [0.25, 0.3) is 0 Å². The third-order valence-electron chi connectivity index (χ3n) is 3.37. The first kappa shape index (κ1) is 13.6. The van der Waals surface area contributed by atoms with E-state index < -0.39 is 0 Å². The largest absolute Gasteiger partial charge is 0.388 e. The fraction of sp³-hybridized carbons (Fsp3) is 0.538. The summed E-state index contributed by atoms with van der Waals surface area (Å²) in [6, 6.07) is 4.46. The van der Waals surface area contributed by atoms with E-state index in [4.69, 9.17) is 18.0 Å². The predicted molar refractivity (Wildman–Crippen MR) is 83.3 cm³/mol. The molecule has 1 fully saturated rings. The second-order valence-corrected chi connectivity index (χ2v) is 6.12. The Bertz CT molecular complexity index is 422. The molecule has 2 atom stereocenters. The third kappa shape index (κ3) is 3.36. The summed E-state index contributed by atoms with van der Waals surface area (Å²) in [5, 5.41) is 4.30. The molecule has 18 heavy (non-hydrogen) atoms. The van der Waals surface area contributed by atoms with Crippen molar-refractivity contribution in [3.63, 3.8) is 0 Å². The van der Waals surface area contributed by atoms with Gasteiger partial charge >= 0.3 is 0 Å². The van der Waals surface area contributed by atoms with Crippen molar-refractivity contribution < 1.29 is 0 Å². The van der Waals surface area contributed by atoms with E-state index in [0.29, 0.717) is 22.0 Å². The van der Waals surface area contributed by atoms with Gasteiger partial charge in [0.1, 0.15) is 4.99 Å². The van der Waals surface area contributed by atoms with Crippen LogP contribution in [0.1, 0.15) is 31.4 Å². The molecule has 1 aromatic rings. The Morgan fingerprint density at radius 1 is 1.50 bits per heavy atom. The number of nitrogens with one attached hydrogen (secondary N) is 1. The molecule has 1 aromatic heterocycles. The maximum absolute atomic E-state index is 5.61. The Morgan fingerprint density at radius 2 is 2.28 bits per heavy atom. The maximum Gasteiger partial charge on any atom is 0.122 e. The number of pyridine rings is 1. The maximum atomic E-state index is 5.61. The van der Waals surface area contributed by atoms with Crippen LogP contribution >= 0.6 is 24.0 Å². The lowest BCUT2D eigenvalue weighted by Crippen LogP contribution is -2.34. The molecule has 3 nitrogen and oxygen atoms in total. The number of rotatable bonds is 4. The molecule has 0 bridgehead atoms. The molecule has 0 radical (unpaired) electrons. The Hall–Kier alpha value is -0.810. The van der Waals surface area contributed by atoms with Crippen molar-refractivity contribution in [3.05, 3.63) is 24.0 Å². The van der Waals surface area contributed by atoms with Gasteiger partial charge in [-0.15, -0.1) is 0 Å². The van der Waals surface area contributed by atoms with Crippen LogP contribution in [0.5, 0.6) is 0 Å². The first-order valence-electron chi connectivity index (χ1n) is 6.26. The topological polar surface area (TPSA) is 50.9 Å². The van der Waals surface area contributed by atoms with Gasteiger partial charge < -0.3 is 11.1 Å². The highest BCUT2D eigenvalue weighted by Gasteiger charge is 2.24. The van der Waals surface area contributed by atoms with E-state index in [0.717, 1.165) is 5.69 Å². The van der Waals surface area contributed by atoms with Gasteiger partial charge in [-0.2, -0.15) is 11.8 Å². The van der Waals surface area contributed by atoms with Crippen molar-refractivity contribution in [2.45, 2.75) is 37.0 Å². The highest BCUT2D eigenvalue weighted by atomic mass is 32.2. The van der Waals surface area contributed by atoms with Gasteiger partial charge in [-0.1, -0.05) is 25.1 Å². The standard InChI is InChI=1S/C13H19N3S2/c1-18-12-5-3-2-4-10(12)16-9-6-7-15-11(8-9)13(14)17/h6-8,10,12H,2-5H2,1H3,(H2,14,17)(H,15,16). The lowest BCUT2D eigenvalue weighted by atomic mass is 9.94. The summed E-state index contributed by atoms with van der Waals surface area (Å²) < 4.78 is 0. The monoisotopic (exact) mass is 281 g/mol. The highest BCUT2D eigenvalue weighted by molar-refractivity contribution is 7.99. The van der Waals surface area contributed by atoms with Crippen molar-refractivity contribution in [2.75, 3.05) is 11.6 Å². The average Bonchev–Trinajstić information content (AvgIpc) is 2.39. The number of thiocarbonyl (C=S) groups is 1. The first-order chi connectivity index (χ1) is 8.70. The number of hydrogen-bond donors (Lipinski definition) is 2. The second kappa shape index (κ2) is 6.38. The van der Waals surface area contributed by atoms with Crippen molar-refractivity contribution >= 4 is 34.7 Å². The lowest BCUT2D eigenvalue weighted by molar-refractivity contribution is 0.475. The molecule has 98 valence electrons. The molecular formula is C13H19N3S2. The van der Waals surface area contributed by atoms with E-state index in [1.807, 2.05) is 23.9 Å². The Balaban J connectivity index is 2.07. The predicted octanol–water partition coefficient (Wildman–Crippen LogP) is 2.80. The quantitative estimate of drug-likeness (QED) is 0.831. The number of thioether (sulfide) groups is 1. The van der Waals surface area contributed by atoms with Crippen LogP contribution in [0, 0.1) is 0 Å². The highest BCUT2D eigenvalue weighted by Crippen LogP contribution is 2.29. The summed E-state index contributed by atoms with van der Waals surface area (Å²) in [5.41, 5.74) is 7.36. The summed E-state index contributed by atoms with van der Waals surface area (Å²) in [6.07, 6.45) is 9.13. The minimum absolute atomic E-state index is 0.351. The normalized spacial score (nSPS) is 23.6. The number of hydrogen-bond acceptors (Lipinski definition) is 4. The van der Waals surface area contributed by atoms with E-state index in [9.17, 15) is 0 Å². The zero-order valence-electron chi connectivity index (χ0n) is 10.6. The summed E-state index contributed by atoms with van der Waals surface area (Å²) in [5.74, 6) is 0.